The molecular weight excluding hydrogens is 384 g/mol. The van der Waals surface area contributed by atoms with Crippen LogP contribution in [0.1, 0.15) is 35.1 Å². The molecule has 0 aliphatic heterocycles. The third-order valence-electron chi connectivity index (χ3n) is 6.70. The molecule has 1 heterocycles. The fourth-order valence-corrected chi connectivity index (χ4v) is 6.17. The van der Waals surface area contributed by atoms with Crippen molar-refractivity contribution in [2.45, 2.75) is 32.1 Å². The highest BCUT2D eigenvalue weighted by Gasteiger charge is 2.26. The van der Waals surface area contributed by atoms with E-state index >= 15 is 0 Å². The highest BCUT2D eigenvalue weighted by atomic mass is 32.1. The minimum Gasteiger partial charge on any atom is -0.497 e. The molecule has 0 bridgehead atoms. The van der Waals surface area contributed by atoms with E-state index in [1.54, 1.807) is 18.2 Å². The van der Waals surface area contributed by atoms with Gasteiger partial charge >= 0.3 is 0 Å². The van der Waals surface area contributed by atoms with E-state index in [-0.39, 0.29) is 0 Å². The predicted molar refractivity (Wildman–Crippen MR) is 129 cm³/mol. The second kappa shape index (κ2) is 7.14. The van der Waals surface area contributed by atoms with Crippen LogP contribution in [0.4, 0.5) is 0 Å². The lowest BCUT2D eigenvalue weighted by Crippen LogP contribution is -2.08. The molecule has 2 aliphatic rings. The molecule has 148 valence electrons. The first-order chi connectivity index (χ1) is 14.8. The van der Waals surface area contributed by atoms with Crippen molar-refractivity contribution >= 4 is 28.2 Å². The Hall–Kier alpha value is -2.84. The smallest absolute Gasteiger partial charge is 0.118 e. The summed E-state index contributed by atoms with van der Waals surface area (Å²) < 4.78 is 5.43. The Balaban J connectivity index is 1.77. The van der Waals surface area contributed by atoms with Gasteiger partial charge in [-0.05, 0) is 99.8 Å². The van der Waals surface area contributed by atoms with E-state index in [2.05, 4.69) is 66.1 Å². The van der Waals surface area contributed by atoms with Crippen molar-refractivity contribution in [3.63, 3.8) is 0 Å². The molecule has 3 aromatic carbocycles. The SMILES string of the molecule is COc1ccc(-c2c3c(c(-c4cccs4)c4c5c(ccc24)CC=C5)CCCC3)cc1. The molecule has 0 radical (unpaired) electrons. The minimum absolute atomic E-state index is 0.913. The van der Waals surface area contributed by atoms with Crippen LogP contribution in [0, 0.1) is 0 Å². The summed E-state index contributed by atoms with van der Waals surface area (Å²) in [7, 11) is 1.73. The van der Waals surface area contributed by atoms with Crippen LogP contribution in [0.2, 0.25) is 0 Å². The number of rotatable bonds is 3. The van der Waals surface area contributed by atoms with E-state index < -0.39 is 0 Å². The number of hydrogen-bond acceptors (Lipinski definition) is 2. The van der Waals surface area contributed by atoms with E-state index in [0.29, 0.717) is 0 Å². The van der Waals surface area contributed by atoms with E-state index in [0.717, 1.165) is 18.6 Å². The van der Waals surface area contributed by atoms with Gasteiger partial charge in [0.2, 0.25) is 0 Å². The Labute approximate surface area is 181 Å². The van der Waals surface area contributed by atoms with Crippen LogP contribution in [-0.2, 0) is 19.3 Å². The van der Waals surface area contributed by atoms with Gasteiger partial charge in [0, 0.05) is 10.4 Å². The number of thiophene rings is 1. The molecule has 0 atom stereocenters. The lowest BCUT2D eigenvalue weighted by Gasteiger charge is -2.27. The van der Waals surface area contributed by atoms with Crippen LogP contribution in [0.15, 0.2) is 60.0 Å². The summed E-state index contributed by atoms with van der Waals surface area (Å²) in [6.07, 6.45) is 10.6. The van der Waals surface area contributed by atoms with Crippen LogP contribution in [0.3, 0.4) is 0 Å². The van der Waals surface area contributed by atoms with Crippen molar-refractivity contribution in [3.05, 3.63) is 82.2 Å². The summed E-state index contributed by atoms with van der Waals surface area (Å²) in [5.41, 5.74) is 10.3. The lowest BCUT2D eigenvalue weighted by molar-refractivity contribution is 0.415. The molecule has 0 fully saturated rings. The molecule has 2 heteroatoms. The van der Waals surface area contributed by atoms with Gasteiger partial charge in [0.1, 0.15) is 5.75 Å². The fraction of sp³-hybridized carbons (Fsp3) is 0.214. The van der Waals surface area contributed by atoms with Crippen LogP contribution < -0.4 is 4.74 Å². The summed E-state index contributed by atoms with van der Waals surface area (Å²) in [6, 6.07) is 17.9. The molecule has 0 unspecified atom stereocenters. The molecule has 0 N–H and O–H groups in total. The number of methoxy groups -OCH3 is 1. The van der Waals surface area contributed by atoms with E-state index in [9.17, 15) is 0 Å². The molecule has 0 amide bonds. The molecule has 0 spiro atoms. The topological polar surface area (TPSA) is 9.23 Å². The Morgan fingerprint density at radius 3 is 2.40 bits per heavy atom. The Kier molecular flexibility index (Phi) is 4.28. The Morgan fingerprint density at radius 1 is 0.867 bits per heavy atom. The number of allylic oxidation sites excluding steroid dienone is 1. The van der Waals surface area contributed by atoms with Crippen LogP contribution in [-0.4, -0.2) is 7.11 Å². The average Bonchev–Trinajstić information content (AvgIpc) is 3.49. The maximum atomic E-state index is 5.43. The van der Waals surface area contributed by atoms with Crippen molar-refractivity contribution < 1.29 is 4.74 Å². The second-order valence-corrected chi connectivity index (χ2v) is 9.24. The largest absolute Gasteiger partial charge is 0.497 e. The third-order valence-corrected chi connectivity index (χ3v) is 7.58. The molecule has 0 saturated heterocycles. The van der Waals surface area contributed by atoms with Gasteiger partial charge in [-0.1, -0.05) is 42.5 Å². The van der Waals surface area contributed by atoms with Gasteiger partial charge in [-0.2, -0.15) is 0 Å². The lowest BCUT2D eigenvalue weighted by atomic mass is 9.78. The van der Waals surface area contributed by atoms with Crippen molar-refractivity contribution in [3.8, 4) is 27.3 Å². The Bertz CT molecular complexity index is 1280. The first-order valence-corrected chi connectivity index (χ1v) is 11.7. The highest BCUT2D eigenvalue weighted by molar-refractivity contribution is 7.13. The zero-order chi connectivity index (χ0) is 20.1. The van der Waals surface area contributed by atoms with E-state index in [1.165, 1.54) is 62.7 Å². The molecule has 0 saturated carbocycles. The van der Waals surface area contributed by atoms with Gasteiger partial charge in [0.15, 0.2) is 0 Å². The summed E-state index contributed by atoms with van der Waals surface area (Å²) >= 11 is 1.88. The van der Waals surface area contributed by atoms with E-state index in [1.807, 2.05) is 11.3 Å². The molecule has 30 heavy (non-hydrogen) atoms. The molecular formula is C28H24OS. The average molecular weight is 409 g/mol. The van der Waals surface area contributed by atoms with Gasteiger partial charge in [-0.25, -0.2) is 0 Å². The predicted octanol–water partition coefficient (Wildman–Crippen LogP) is 7.69. The van der Waals surface area contributed by atoms with Crippen molar-refractivity contribution in [2.24, 2.45) is 0 Å². The number of fused-ring (bicyclic) bond motifs is 4. The van der Waals surface area contributed by atoms with Crippen molar-refractivity contribution in [1.82, 2.24) is 0 Å². The molecule has 1 aromatic heterocycles. The van der Waals surface area contributed by atoms with Gasteiger partial charge < -0.3 is 4.74 Å². The van der Waals surface area contributed by atoms with Crippen LogP contribution >= 0.6 is 11.3 Å². The quantitative estimate of drug-likeness (QED) is 0.337. The van der Waals surface area contributed by atoms with Crippen molar-refractivity contribution in [1.29, 1.82) is 0 Å². The third kappa shape index (κ3) is 2.67. The molecule has 4 aromatic rings. The highest BCUT2D eigenvalue weighted by Crippen LogP contribution is 2.48. The maximum Gasteiger partial charge on any atom is 0.118 e. The second-order valence-electron chi connectivity index (χ2n) is 8.29. The van der Waals surface area contributed by atoms with Gasteiger partial charge in [-0.15, -0.1) is 11.3 Å². The van der Waals surface area contributed by atoms with Gasteiger partial charge in [0.25, 0.3) is 0 Å². The normalized spacial score (nSPS) is 14.7. The Morgan fingerprint density at radius 2 is 1.67 bits per heavy atom. The number of hydrogen-bond donors (Lipinski definition) is 0. The zero-order valence-electron chi connectivity index (χ0n) is 17.2. The molecule has 1 nitrogen and oxygen atoms in total. The summed E-state index contributed by atoms with van der Waals surface area (Å²) in [4.78, 5) is 1.41. The summed E-state index contributed by atoms with van der Waals surface area (Å²) in [6.45, 7) is 0. The number of benzene rings is 3. The first kappa shape index (κ1) is 18.0. The van der Waals surface area contributed by atoms with E-state index in [4.69, 9.17) is 4.74 Å². The van der Waals surface area contributed by atoms with Crippen LogP contribution in [0.25, 0.3) is 38.4 Å². The first-order valence-electron chi connectivity index (χ1n) is 10.8. The number of ether oxygens (including phenoxy) is 1. The van der Waals surface area contributed by atoms with Gasteiger partial charge in [-0.3, -0.25) is 0 Å². The maximum absolute atomic E-state index is 5.43. The van der Waals surface area contributed by atoms with Crippen LogP contribution in [0.5, 0.6) is 5.75 Å². The summed E-state index contributed by atoms with van der Waals surface area (Å²) in [5, 5.41) is 5.07. The standard InChI is InChI=1S/C28H24OS/c1-29-20-14-11-19(12-15-20)26-22-7-2-3-8-23(22)28(25-10-5-17-30-25)27-21-9-4-6-18(21)13-16-24(26)27/h4-5,9-17H,2-3,6-8H2,1H3. The molecule has 6 rings (SSSR count). The zero-order valence-corrected chi connectivity index (χ0v) is 18.0. The van der Waals surface area contributed by atoms with Gasteiger partial charge in [0.05, 0.1) is 7.11 Å². The van der Waals surface area contributed by atoms with Crippen molar-refractivity contribution in [2.75, 3.05) is 7.11 Å². The minimum atomic E-state index is 0.913. The summed E-state index contributed by atoms with van der Waals surface area (Å²) in [5.74, 6) is 0.913. The fourth-order valence-electron chi connectivity index (χ4n) is 5.36. The molecule has 2 aliphatic carbocycles. The monoisotopic (exact) mass is 408 g/mol.